The Morgan fingerprint density at radius 2 is 2.15 bits per heavy atom. The summed E-state index contributed by atoms with van der Waals surface area (Å²) in [7, 11) is 0. The third kappa shape index (κ3) is 1.72. The van der Waals surface area contributed by atoms with Crippen LogP contribution in [0.25, 0.3) is 10.9 Å². The fraction of sp³-hybridized carbons (Fsp3) is 0.100. The number of hydrogen-bond donors (Lipinski definition) is 0. The van der Waals surface area contributed by atoms with Gasteiger partial charge in [0.05, 0.1) is 5.52 Å². The lowest BCUT2D eigenvalue weighted by atomic mass is 10.1. The van der Waals surface area contributed by atoms with Crippen molar-refractivity contribution in [1.82, 2.24) is 4.98 Å². The summed E-state index contributed by atoms with van der Waals surface area (Å²) < 4.78 is 2.29. The largest absolute Gasteiger partial charge is 0.255 e. The molecule has 0 saturated heterocycles. The van der Waals surface area contributed by atoms with E-state index in [4.69, 9.17) is 0 Å². The van der Waals surface area contributed by atoms with Crippen LogP contribution in [0.5, 0.6) is 0 Å². The number of aromatic nitrogens is 1. The topological polar surface area (TPSA) is 12.9 Å². The molecule has 0 aliphatic carbocycles. The molecule has 0 atom stereocenters. The Hall–Kier alpha value is -0.160. The minimum Gasteiger partial charge on any atom is -0.255 e. The Balaban J connectivity index is 2.87. The quantitative estimate of drug-likeness (QED) is 0.658. The van der Waals surface area contributed by atoms with Crippen LogP contribution in [0, 0.1) is 10.5 Å². The number of fused-ring (bicyclic) bond motifs is 1. The molecule has 0 saturated carbocycles. The molecular weight excluding hydrogens is 341 g/mol. The summed E-state index contributed by atoms with van der Waals surface area (Å²) in [5.74, 6) is 0. The van der Waals surface area contributed by atoms with Gasteiger partial charge in [0.1, 0.15) is 0 Å². The number of nitrogens with zero attached hydrogens (tertiary/aromatic N) is 1. The highest BCUT2D eigenvalue weighted by atomic mass is 127. The first-order chi connectivity index (χ1) is 6.18. The Morgan fingerprint density at radius 1 is 1.38 bits per heavy atom. The third-order valence-electron chi connectivity index (χ3n) is 2.01. The van der Waals surface area contributed by atoms with Crippen LogP contribution in [0.2, 0.25) is 0 Å². The normalized spacial score (nSPS) is 10.7. The van der Waals surface area contributed by atoms with Crippen LogP contribution in [0.15, 0.2) is 28.9 Å². The molecule has 1 aromatic heterocycles. The van der Waals surface area contributed by atoms with Crippen molar-refractivity contribution in [3.8, 4) is 0 Å². The molecule has 0 N–H and O–H groups in total. The highest BCUT2D eigenvalue weighted by Gasteiger charge is 2.02. The molecular formula is C10H7BrIN. The van der Waals surface area contributed by atoms with E-state index < -0.39 is 0 Å². The second-order valence-corrected chi connectivity index (χ2v) is 5.00. The first kappa shape index (κ1) is 9.40. The number of rotatable bonds is 0. The molecule has 13 heavy (non-hydrogen) atoms. The zero-order chi connectivity index (χ0) is 9.42. The van der Waals surface area contributed by atoms with Crippen molar-refractivity contribution in [1.29, 1.82) is 0 Å². The van der Waals surface area contributed by atoms with Crippen molar-refractivity contribution >= 4 is 49.4 Å². The van der Waals surface area contributed by atoms with Crippen molar-refractivity contribution in [2.45, 2.75) is 6.92 Å². The fourth-order valence-corrected chi connectivity index (χ4v) is 2.09. The zero-order valence-electron chi connectivity index (χ0n) is 7.01. The van der Waals surface area contributed by atoms with E-state index in [1.54, 1.807) is 0 Å². The van der Waals surface area contributed by atoms with Gasteiger partial charge in [0.2, 0.25) is 0 Å². The molecule has 2 rings (SSSR count). The smallest absolute Gasteiger partial charge is 0.0743 e. The minimum absolute atomic E-state index is 1.08. The summed E-state index contributed by atoms with van der Waals surface area (Å²) in [6.45, 7) is 2.08. The van der Waals surface area contributed by atoms with E-state index >= 15 is 0 Å². The van der Waals surface area contributed by atoms with Crippen molar-refractivity contribution in [3.63, 3.8) is 0 Å². The SMILES string of the molecule is Cc1c(Br)ccc2cc(I)cnc12. The minimum atomic E-state index is 1.08. The standard InChI is InChI=1S/C10H7BrIN/c1-6-9(11)3-2-7-4-8(12)5-13-10(6)7/h2-5H,1H3. The molecule has 1 aromatic carbocycles. The maximum Gasteiger partial charge on any atom is 0.0743 e. The monoisotopic (exact) mass is 347 g/mol. The third-order valence-corrected chi connectivity index (χ3v) is 3.46. The van der Waals surface area contributed by atoms with E-state index in [0.29, 0.717) is 0 Å². The molecule has 0 bridgehead atoms. The number of halogens is 2. The maximum absolute atomic E-state index is 4.40. The summed E-state index contributed by atoms with van der Waals surface area (Å²) in [6.07, 6.45) is 1.89. The Morgan fingerprint density at radius 3 is 2.92 bits per heavy atom. The van der Waals surface area contributed by atoms with E-state index in [2.05, 4.69) is 68.6 Å². The average Bonchev–Trinajstić information content (AvgIpc) is 2.12. The molecule has 1 nitrogen and oxygen atoms in total. The maximum atomic E-state index is 4.40. The van der Waals surface area contributed by atoms with Gasteiger partial charge in [-0.1, -0.05) is 22.0 Å². The van der Waals surface area contributed by atoms with Crippen LogP contribution in [-0.2, 0) is 0 Å². The number of pyridine rings is 1. The molecule has 1 heterocycles. The lowest BCUT2D eigenvalue weighted by Gasteiger charge is -2.03. The zero-order valence-corrected chi connectivity index (χ0v) is 10.8. The van der Waals surface area contributed by atoms with Gasteiger partial charge in [-0.05, 0) is 47.2 Å². The molecule has 0 radical (unpaired) electrons. The van der Waals surface area contributed by atoms with Crippen molar-refractivity contribution < 1.29 is 0 Å². The van der Waals surface area contributed by atoms with Crippen molar-refractivity contribution in [3.05, 3.63) is 38.0 Å². The summed E-state index contributed by atoms with van der Waals surface area (Å²) in [4.78, 5) is 4.40. The summed E-state index contributed by atoms with van der Waals surface area (Å²) >= 11 is 5.77. The van der Waals surface area contributed by atoms with Gasteiger partial charge in [0.25, 0.3) is 0 Å². The first-order valence-electron chi connectivity index (χ1n) is 3.89. The molecule has 0 unspecified atom stereocenters. The van der Waals surface area contributed by atoms with Gasteiger partial charge >= 0.3 is 0 Å². The fourth-order valence-electron chi connectivity index (χ4n) is 1.30. The molecule has 0 aliphatic heterocycles. The van der Waals surface area contributed by atoms with Gasteiger partial charge < -0.3 is 0 Å². The highest BCUT2D eigenvalue weighted by Crippen LogP contribution is 2.24. The molecule has 0 fully saturated rings. The van der Waals surface area contributed by atoms with E-state index in [0.717, 1.165) is 9.99 Å². The lowest BCUT2D eigenvalue weighted by molar-refractivity contribution is 1.34. The van der Waals surface area contributed by atoms with E-state index in [-0.39, 0.29) is 0 Å². The summed E-state index contributed by atoms with van der Waals surface area (Å²) in [6, 6.07) is 6.29. The number of hydrogen-bond acceptors (Lipinski definition) is 1. The molecule has 3 heteroatoms. The van der Waals surface area contributed by atoms with Crippen LogP contribution < -0.4 is 0 Å². The van der Waals surface area contributed by atoms with Gasteiger partial charge in [0.15, 0.2) is 0 Å². The van der Waals surface area contributed by atoms with Gasteiger partial charge in [-0.15, -0.1) is 0 Å². The average molecular weight is 348 g/mol. The molecule has 66 valence electrons. The second kappa shape index (κ2) is 3.53. The highest BCUT2D eigenvalue weighted by molar-refractivity contribution is 14.1. The Bertz CT molecular complexity index is 468. The molecule has 0 amide bonds. The van der Waals surface area contributed by atoms with Crippen LogP contribution in [0.1, 0.15) is 5.56 Å². The Kier molecular flexibility index (Phi) is 2.55. The van der Waals surface area contributed by atoms with Gasteiger partial charge in [-0.25, -0.2) is 0 Å². The van der Waals surface area contributed by atoms with E-state index in [1.165, 1.54) is 14.5 Å². The Labute approximate surface area is 98.8 Å². The van der Waals surface area contributed by atoms with Crippen molar-refractivity contribution in [2.75, 3.05) is 0 Å². The van der Waals surface area contributed by atoms with Crippen LogP contribution >= 0.6 is 38.5 Å². The lowest BCUT2D eigenvalue weighted by Crippen LogP contribution is -1.85. The second-order valence-electron chi connectivity index (χ2n) is 2.90. The van der Waals surface area contributed by atoms with Gasteiger partial charge in [-0.3, -0.25) is 4.98 Å². The van der Waals surface area contributed by atoms with Crippen LogP contribution in [0.3, 0.4) is 0 Å². The molecule has 0 spiro atoms. The summed E-state index contributed by atoms with van der Waals surface area (Å²) in [5, 5.41) is 1.20. The van der Waals surface area contributed by atoms with Gasteiger partial charge in [-0.2, -0.15) is 0 Å². The van der Waals surface area contributed by atoms with E-state index in [1.807, 2.05) is 6.20 Å². The molecule has 2 aromatic rings. The summed E-state index contributed by atoms with van der Waals surface area (Å²) in [5.41, 5.74) is 2.28. The first-order valence-corrected chi connectivity index (χ1v) is 5.76. The predicted octanol–water partition coefficient (Wildman–Crippen LogP) is 3.91. The van der Waals surface area contributed by atoms with E-state index in [9.17, 15) is 0 Å². The predicted molar refractivity (Wildman–Crippen MR) is 66.9 cm³/mol. The number of benzene rings is 1. The molecule has 0 aliphatic rings. The van der Waals surface area contributed by atoms with Crippen LogP contribution in [-0.4, -0.2) is 4.98 Å². The van der Waals surface area contributed by atoms with Crippen LogP contribution in [0.4, 0.5) is 0 Å². The number of aryl methyl sites for hydroxylation is 1. The van der Waals surface area contributed by atoms with Crippen molar-refractivity contribution in [2.24, 2.45) is 0 Å². The van der Waals surface area contributed by atoms with Gasteiger partial charge in [0, 0.05) is 19.6 Å².